The van der Waals surface area contributed by atoms with E-state index in [1.54, 1.807) is 6.07 Å². The lowest BCUT2D eigenvalue weighted by Gasteiger charge is -2.17. The first kappa shape index (κ1) is 13.9. The minimum atomic E-state index is -1.05. The molecule has 6 heteroatoms. The molecule has 1 heterocycles. The largest absolute Gasteiger partial charge is 0.507 e. The second kappa shape index (κ2) is 4.91. The number of epoxide rings is 1. The van der Waals surface area contributed by atoms with E-state index in [0.717, 1.165) is 10.8 Å². The van der Waals surface area contributed by atoms with E-state index in [-0.39, 0.29) is 22.8 Å². The van der Waals surface area contributed by atoms with Gasteiger partial charge in [-0.15, -0.1) is 0 Å². The number of ketones is 1. The fourth-order valence-electron chi connectivity index (χ4n) is 2.81. The molecule has 1 fully saturated rings. The summed E-state index contributed by atoms with van der Waals surface area (Å²) >= 11 is 0. The molecule has 0 radical (unpaired) electrons. The van der Waals surface area contributed by atoms with E-state index in [1.807, 2.05) is 24.3 Å². The van der Waals surface area contributed by atoms with Gasteiger partial charge in [0.2, 0.25) is 0 Å². The Bertz CT molecular complexity index is 872. The highest BCUT2D eigenvalue weighted by Crippen LogP contribution is 2.34. The van der Waals surface area contributed by atoms with Crippen LogP contribution in [0.5, 0.6) is 5.75 Å². The van der Waals surface area contributed by atoms with Crippen molar-refractivity contribution in [1.82, 2.24) is 5.32 Å². The molecule has 4 rings (SSSR count). The molecule has 2 aromatic carbocycles. The van der Waals surface area contributed by atoms with Gasteiger partial charge >= 0.3 is 0 Å². The van der Waals surface area contributed by atoms with Crippen LogP contribution in [0.3, 0.4) is 0 Å². The second-order valence-electron chi connectivity index (χ2n) is 5.64. The Labute approximate surface area is 131 Å². The van der Waals surface area contributed by atoms with Gasteiger partial charge in [0, 0.05) is 6.08 Å². The van der Waals surface area contributed by atoms with Crippen LogP contribution >= 0.6 is 0 Å². The van der Waals surface area contributed by atoms with Crippen molar-refractivity contribution in [3.63, 3.8) is 0 Å². The van der Waals surface area contributed by atoms with Crippen LogP contribution in [0.1, 0.15) is 10.4 Å². The molecule has 1 saturated heterocycles. The highest BCUT2D eigenvalue weighted by molar-refractivity contribution is 6.04. The zero-order chi connectivity index (χ0) is 16.1. The summed E-state index contributed by atoms with van der Waals surface area (Å²) in [6.45, 7) is 0. The molecular weight excluding hydrogens is 298 g/mol. The number of carbonyl (C=O) groups excluding carboxylic acids is 2. The number of fused-ring (bicyclic) bond motifs is 2. The predicted octanol–water partition coefficient (Wildman–Crippen LogP) is 0.870. The molecule has 0 saturated carbocycles. The number of aliphatic hydroxyl groups excluding tert-OH is 1. The maximum absolute atomic E-state index is 12.4. The van der Waals surface area contributed by atoms with E-state index in [1.165, 1.54) is 12.1 Å². The Balaban J connectivity index is 1.64. The lowest BCUT2D eigenvalue weighted by Crippen LogP contribution is -2.37. The predicted molar refractivity (Wildman–Crippen MR) is 80.8 cm³/mol. The van der Waals surface area contributed by atoms with E-state index in [0.29, 0.717) is 0 Å². The number of phenolic OH excluding ortho intramolecular Hbond substituents is 1. The molecule has 2 aliphatic rings. The number of carbonyl (C=O) groups is 2. The SMILES string of the molecule is O=C(NC1=CC(=O)C2OC2C1O)c1cc2ccccc2cc1O. The van der Waals surface area contributed by atoms with Crippen LogP contribution in [0, 0.1) is 0 Å². The number of nitrogens with one attached hydrogen (secondary N) is 1. The zero-order valence-corrected chi connectivity index (χ0v) is 11.9. The third-order valence-corrected chi connectivity index (χ3v) is 4.10. The first-order valence-electron chi connectivity index (χ1n) is 7.16. The minimum Gasteiger partial charge on any atom is -0.507 e. The van der Waals surface area contributed by atoms with Crippen molar-refractivity contribution in [3.8, 4) is 5.75 Å². The Morgan fingerprint density at radius 2 is 1.87 bits per heavy atom. The molecule has 2 aromatic rings. The number of hydrogen-bond donors (Lipinski definition) is 3. The van der Waals surface area contributed by atoms with E-state index >= 15 is 0 Å². The molecule has 3 N–H and O–H groups in total. The van der Waals surface area contributed by atoms with Gasteiger partial charge in [-0.25, -0.2) is 0 Å². The summed E-state index contributed by atoms with van der Waals surface area (Å²) in [5, 5.41) is 24.2. The average Bonchev–Trinajstić information content (AvgIpc) is 3.33. The van der Waals surface area contributed by atoms with Crippen molar-refractivity contribution in [2.24, 2.45) is 0 Å². The van der Waals surface area contributed by atoms with Crippen LogP contribution in [0.15, 0.2) is 48.2 Å². The van der Waals surface area contributed by atoms with Crippen molar-refractivity contribution in [3.05, 3.63) is 53.7 Å². The van der Waals surface area contributed by atoms with Crippen molar-refractivity contribution in [2.45, 2.75) is 18.3 Å². The van der Waals surface area contributed by atoms with Gasteiger partial charge in [0.25, 0.3) is 5.91 Å². The standard InChI is InChI=1S/C17H13NO5/c19-12-6-9-4-2-1-3-8(9)5-10(12)17(22)18-11-7-13(20)15-16(23-15)14(11)21/h1-7,14-16,19,21H,(H,18,22). The monoisotopic (exact) mass is 311 g/mol. The number of benzene rings is 2. The van der Waals surface area contributed by atoms with Gasteiger partial charge in [-0.05, 0) is 22.9 Å². The van der Waals surface area contributed by atoms with Gasteiger partial charge in [-0.2, -0.15) is 0 Å². The summed E-state index contributed by atoms with van der Waals surface area (Å²) in [4.78, 5) is 24.0. The molecule has 3 unspecified atom stereocenters. The van der Waals surface area contributed by atoms with Crippen LogP contribution in [0.25, 0.3) is 10.8 Å². The number of amides is 1. The molecule has 23 heavy (non-hydrogen) atoms. The molecule has 0 bridgehead atoms. The van der Waals surface area contributed by atoms with E-state index in [9.17, 15) is 19.8 Å². The van der Waals surface area contributed by atoms with Crippen LogP contribution in [0.2, 0.25) is 0 Å². The van der Waals surface area contributed by atoms with Crippen LogP contribution in [-0.4, -0.2) is 40.2 Å². The maximum Gasteiger partial charge on any atom is 0.259 e. The Morgan fingerprint density at radius 1 is 1.17 bits per heavy atom. The quantitative estimate of drug-likeness (QED) is 0.715. The number of ether oxygens (including phenoxy) is 1. The van der Waals surface area contributed by atoms with E-state index < -0.39 is 24.2 Å². The van der Waals surface area contributed by atoms with Gasteiger partial charge in [0.1, 0.15) is 24.1 Å². The van der Waals surface area contributed by atoms with Gasteiger partial charge in [-0.3, -0.25) is 9.59 Å². The fraction of sp³-hybridized carbons (Fsp3) is 0.176. The van der Waals surface area contributed by atoms with Crippen molar-refractivity contribution in [2.75, 3.05) is 0 Å². The van der Waals surface area contributed by atoms with Gasteiger partial charge < -0.3 is 20.3 Å². The molecule has 6 nitrogen and oxygen atoms in total. The summed E-state index contributed by atoms with van der Waals surface area (Å²) in [6.07, 6.45) is -1.06. The van der Waals surface area contributed by atoms with Crippen LogP contribution in [-0.2, 0) is 9.53 Å². The van der Waals surface area contributed by atoms with Crippen molar-refractivity contribution < 1.29 is 24.5 Å². The first-order chi connectivity index (χ1) is 11.0. The second-order valence-corrected chi connectivity index (χ2v) is 5.64. The third-order valence-electron chi connectivity index (χ3n) is 4.10. The third kappa shape index (κ3) is 2.28. The maximum atomic E-state index is 12.4. The highest BCUT2D eigenvalue weighted by atomic mass is 16.6. The highest BCUT2D eigenvalue weighted by Gasteiger charge is 2.53. The van der Waals surface area contributed by atoms with Gasteiger partial charge in [-0.1, -0.05) is 24.3 Å². The summed E-state index contributed by atoms with van der Waals surface area (Å²) in [5.41, 5.74) is 0.161. The Kier molecular flexibility index (Phi) is 2.97. The lowest BCUT2D eigenvalue weighted by atomic mass is 10.00. The fourth-order valence-corrected chi connectivity index (χ4v) is 2.81. The number of rotatable bonds is 2. The zero-order valence-electron chi connectivity index (χ0n) is 11.9. The normalized spacial score (nSPS) is 25.7. The van der Waals surface area contributed by atoms with Crippen LogP contribution in [0.4, 0.5) is 0 Å². The van der Waals surface area contributed by atoms with E-state index in [4.69, 9.17) is 4.74 Å². The molecule has 0 aromatic heterocycles. The van der Waals surface area contributed by atoms with Crippen molar-refractivity contribution >= 4 is 22.5 Å². The number of aromatic hydroxyl groups is 1. The van der Waals surface area contributed by atoms with Crippen LogP contribution < -0.4 is 5.32 Å². The number of aliphatic hydroxyl groups is 1. The summed E-state index contributed by atoms with van der Waals surface area (Å²) in [5.74, 6) is -1.04. The molecule has 1 amide bonds. The summed E-state index contributed by atoms with van der Waals surface area (Å²) in [7, 11) is 0. The minimum absolute atomic E-state index is 0.0723. The first-order valence-corrected chi connectivity index (χ1v) is 7.16. The van der Waals surface area contributed by atoms with Gasteiger partial charge in [0.15, 0.2) is 5.78 Å². The molecule has 116 valence electrons. The van der Waals surface area contributed by atoms with Gasteiger partial charge in [0.05, 0.1) is 11.3 Å². The molecular formula is C17H13NO5. The Morgan fingerprint density at radius 3 is 2.61 bits per heavy atom. The lowest BCUT2D eigenvalue weighted by molar-refractivity contribution is -0.116. The number of phenols is 1. The van der Waals surface area contributed by atoms with Crippen molar-refractivity contribution in [1.29, 1.82) is 0 Å². The topological polar surface area (TPSA) is 99.2 Å². The Hall–Kier alpha value is -2.70. The molecule has 3 atom stereocenters. The average molecular weight is 311 g/mol. The summed E-state index contributed by atoms with van der Waals surface area (Å²) in [6, 6.07) is 10.4. The molecule has 1 aliphatic heterocycles. The van der Waals surface area contributed by atoms with E-state index in [2.05, 4.69) is 5.32 Å². The molecule has 0 spiro atoms. The summed E-state index contributed by atoms with van der Waals surface area (Å²) < 4.78 is 5.05. The smallest absolute Gasteiger partial charge is 0.259 e. The number of hydrogen-bond acceptors (Lipinski definition) is 5. The molecule has 1 aliphatic carbocycles.